The lowest BCUT2D eigenvalue weighted by molar-refractivity contribution is -0.127. The van der Waals surface area contributed by atoms with E-state index in [9.17, 15) is 13.2 Å². The smallest absolute Gasteiger partial charge is 0.239 e. The SMILES string of the molecule is CCC(C)(C)C(=O)NS(=O)(=O)C1CCC(C(C)(C)C)CC1. The number of nitrogens with one attached hydrogen (secondary N) is 1. The highest BCUT2D eigenvalue weighted by atomic mass is 32.2. The number of hydrogen-bond donors (Lipinski definition) is 1. The van der Waals surface area contributed by atoms with Crippen LogP contribution in [0.4, 0.5) is 0 Å². The topological polar surface area (TPSA) is 63.2 Å². The van der Waals surface area contributed by atoms with Crippen LogP contribution in [0.2, 0.25) is 0 Å². The van der Waals surface area contributed by atoms with Gasteiger partial charge in [-0.15, -0.1) is 0 Å². The van der Waals surface area contributed by atoms with Crippen LogP contribution in [0.15, 0.2) is 0 Å². The second kappa shape index (κ2) is 6.27. The number of sulfonamides is 1. The highest BCUT2D eigenvalue weighted by molar-refractivity contribution is 7.90. The summed E-state index contributed by atoms with van der Waals surface area (Å²) in [5, 5.41) is -0.423. The van der Waals surface area contributed by atoms with Crippen molar-refractivity contribution in [3.05, 3.63) is 0 Å². The lowest BCUT2D eigenvalue weighted by Gasteiger charge is -2.36. The maximum Gasteiger partial charge on any atom is 0.239 e. The molecule has 1 rings (SSSR count). The predicted molar refractivity (Wildman–Crippen MR) is 86.3 cm³/mol. The Balaban J connectivity index is 2.68. The van der Waals surface area contributed by atoms with Gasteiger partial charge in [-0.05, 0) is 43.4 Å². The van der Waals surface area contributed by atoms with Crippen LogP contribution in [-0.4, -0.2) is 19.6 Å². The molecule has 4 nitrogen and oxygen atoms in total. The van der Waals surface area contributed by atoms with Gasteiger partial charge in [0, 0.05) is 5.41 Å². The molecule has 1 amide bonds. The predicted octanol–water partition coefficient (Wildman–Crippen LogP) is 3.47. The quantitative estimate of drug-likeness (QED) is 0.863. The molecule has 0 aromatic carbocycles. The molecule has 5 heteroatoms. The van der Waals surface area contributed by atoms with Crippen LogP contribution in [0.5, 0.6) is 0 Å². The van der Waals surface area contributed by atoms with Crippen molar-refractivity contribution < 1.29 is 13.2 Å². The Morgan fingerprint density at radius 2 is 1.52 bits per heavy atom. The minimum atomic E-state index is -3.54. The zero-order chi connectivity index (χ0) is 16.5. The summed E-state index contributed by atoms with van der Waals surface area (Å²) in [6.45, 7) is 12.1. The van der Waals surface area contributed by atoms with Crippen LogP contribution < -0.4 is 4.72 Å². The van der Waals surface area contributed by atoms with Gasteiger partial charge in [0.1, 0.15) is 0 Å². The molecule has 1 aliphatic rings. The average Bonchev–Trinajstić information content (AvgIpc) is 2.37. The Bertz CT molecular complexity index is 466. The summed E-state index contributed by atoms with van der Waals surface area (Å²) in [6, 6.07) is 0. The number of carbonyl (C=O) groups excluding carboxylic acids is 1. The van der Waals surface area contributed by atoms with Crippen LogP contribution in [0.25, 0.3) is 0 Å². The first-order valence-corrected chi connectivity index (χ1v) is 9.51. The summed E-state index contributed by atoms with van der Waals surface area (Å²) >= 11 is 0. The molecule has 0 unspecified atom stereocenters. The summed E-state index contributed by atoms with van der Waals surface area (Å²) in [7, 11) is -3.54. The first-order chi connectivity index (χ1) is 9.40. The third kappa shape index (κ3) is 4.70. The Labute approximate surface area is 130 Å². The largest absolute Gasteiger partial charge is 0.273 e. The summed E-state index contributed by atoms with van der Waals surface area (Å²) in [5.41, 5.74) is -0.419. The zero-order valence-corrected chi connectivity index (χ0v) is 15.1. The molecule has 1 N–H and O–H groups in total. The molecule has 1 saturated carbocycles. The fourth-order valence-electron chi connectivity index (χ4n) is 2.75. The summed E-state index contributed by atoms with van der Waals surface area (Å²) in [4.78, 5) is 12.1. The monoisotopic (exact) mass is 317 g/mol. The molecule has 1 aliphatic carbocycles. The van der Waals surface area contributed by atoms with E-state index in [2.05, 4.69) is 25.5 Å². The third-order valence-corrected chi connectivity index (χ3v) is 6.89. The Morgan fingerprint density at radius 3 is 1.90 bits per heavy atom. The Hall–Kier alpha value is -0.580. The van der Waals surface area contributed by atoms with Gasteiger partial charge in [0.15, 0.2) is 0 Å². The van der Waals surface area contributed by atoms with Crippen molar-refractivity contribution in [1.82, 2.24) is 4.72 Å². The second-order valence-electron chi connectivity index (χ2n) is 8.05. The first-order valence-electron chi connectivity index (χ1n) is 7.96. The fourth-order valence-corrected chi connectivity index (χ4v) is 4.34. The molecular weight excluding hydrogens is 286 g/mol. The van der Waals surface area contributed by atoms with Gasteiger partial charge in [-0.3, -0.25) is 9.52 Å². The normalized spacial score (nSPS) is 24.7. The van der Waals surface area contributed by atoms with Crippen molar-refractivity contribution in [3.8, 4) is 0 Å². The van der Waals surface area contributed by atoms with Crippen molar-refractivity contribution in [2.24, 2.45) is 16.7 Å². The molecular formula is C16H31NO3S. The minimum Gasteiger partial charge on any atom is -0.273 e. The molecule has 0 aliphatic heterocycles. The maximum absolute atomic E-state index is 12.4. The van der Waals surface area contributed by atoms with Gasteiger partial charge in [0.2, 0.25) is 15.9 Å². The van der Waals surface area contributed by atoms with Gasteiger partial charge in [-0.1, -0.05) is 41.5 Å². The Morgan fingerprint density at radius 1 is 1.05 bits per heavy atom. The van der Waals surface area contributed by atoms with Crippen molar-refractivity contribution in [1.29, 1.82) is 0 Å². The van der Waals surface area contributed by atoms with Crippen LogP contribution >= 0.6 is 0 Å². The van der Waals surface area contributed by atoms with Crippen molar-refractivity contribution in [2.75, 3.05) is 0 Å². The van der Waals surface area contributed by atoms with Crippen molar-refractivity contribution in [3.63, 3.8) is 0 Å². The number of hydrogen-bond acceptors (Lipinski definition) is 3. The average molecular weight is 317 g/mol. The summed E-state index contributed by atoms with van der Waals surface area (Å²) in [5.74, 6) is 0.176. The summed E-state index contributed by atoms with van der Waals surface area (Å²) in [6.07, 6.45) is 3.75. The molecule has 21 heavy (non-hydrogen) atoms. The van der Waals surface area contributed by atoms with Gasteiger partial charge in [-0.25, -0.2) is 8.42 Å². The zero-order valence-electron chi connectivity index (χ0n) is 14.3. The molecule has 0 saturated heterocycles. The third-order valence-electron chi connectivity index (χ3n) is 5.07. The standard InChI is InChI=1S/C16H31NO3S/c1-7-16(5,6)14(18)17-21(19,20)13-10-8-12(9-11-13)15(2,3)4/h12-13H,7-11H2,1-6H3,(H,17,18). The molecule has 124 valence electrons. The van der Waals surface area contributed by atoms with E-state index in [4.69, 9.17) is 0 Å². The molecule has 0 aromatic heterocycles. The second-order valence-corrected chi connectivity index (χ2v) is 10.0. The number of rotatable bonds is 4. The van der Waals surface area contributed by atoms with Crippen molar-refractivity contribution >= 4 is 15.9 Å². The van der Waals surface area contributed by atoms with Crippen molar-refractivity contribution in [2.45, 2.75) is 78.9 Å². The van der Waals surface area contributed by atoms with Gasteiger partial charge in [0.05, 0.1) is 5.25 Å². The molecule has 0 bridgehead atoms. The van der Waals surface area contributed by atoms with Gasteiger partial charge in [-0.2, -0.15) is 0 Å². The number of carbonyl (C=O) groups is 1. The van der Waals surface area contributed by atoms with E-state index >= 15 is 0 Å². The molecule has 0 atom stereocenters. The maximum atomic E-state index is 12.4. The Kier molecular flexibility index (Phi) is 5.51. The van der Waals surface area contributed by atoms with Crippen LogP contribution in [0.3, 0.4) is 0 Å². The van der Waals surface area contributed by atoms with Crippen LogP contribution in [0.1, 0.15) is 73.6 Å². The van der Waals surface area contributed by atoms with Gasteiger partial charge >= 0.3 is 0 Å². The van der Waals surface area contributed by atoms with E-state index in [1.54, 1.807) is 13.8 Å². The lowest BCUT2D eigenvalue weighted by atomic mass is 9.72. The minimum absolute atomic E-state index is 0.224. The highest BCUT2D eigenvalue weighted by Crippen LogP contribution is 2.39. The van der Waals surface area contributed by atoms with E-state index < -0.39 is 20.7 Å². The van der Waals surface area contributed by atoms with E-state index in [1.165, 1.54) is 0 Å². The highest BCUT2D eigenvalue weighted by Gasteiger charge is 2.37. The van der Waals surface area contributed by atoms with E-state index in [0.29, 0.717) is 25.2 Å². The fraction of sp³-hybridized carbons (Fsp3) is 0.938. The van der Waals surface area contributed by atoms with Crippen LogP contribution in [-0.2, 0) is 14.8 Å². The first kappa shape index (κ1) is 18.5. The van der Waals surface area contributed by atoms with Crippen LogP contribution in [0, 0.1) is 16.7 Å². The molecule has 1 fully saturated rings. The number of amides is 1. The molecule has 0 spiro atoms. The summed E-state index contributed by atoms with van der Waals surface area (Å²) < 4.78 is 27.1. The molecule has 0 aromatic rings. The van der Waals surface area contributed by atoms with Gasteiger partial charge in [0.25, 0.3) is 0 Å². The van der Waals surface area contributed by atoms with E-state index in [-0.39, 0.29) is 11.3 Å². The lowest BCUT2D eigenvalue weighted by Crippen LogP contribution is -2.45. The van der Waals surface area contributed by atoms with Gasteiger partial charge < -0.3 is 0 Å². The molecule has 0 heterocycles. The molecule has 0 radical (unpaired) electrons. The van der Waals surface area contributed by atoms with E-state index in [1.807, 2.05) is 6.92 Å². The van der Waals surface area contributed by atoms with E-state index in [0.717, 1.165) is 12.8 Å².